The third-order valence-electron chi connectivity index (χ3n) is 2.25. The highest BCUT2D eigenvalue weighted by atomic mass is 16.3. The number of aromatic nitrogens is 1. The lowest BCUT2D eigenvalue weighted by atomic mass is 10.1. The number of pyridine rings is 1. The number of H-pyrrole nitrogens is 1. The summed E-state index contributed by atoms with van der Waals surface area (Å²) in [5, 5.41) is 10.1. The zero-order valence-electron chi connectivity index (χ0n) is 8.07. The minimum Gasteiger partial charge on any atom is -0.503 e. The highest BCUT2D eigenvalue weighted by Gasteiger charge is 2.14. The van der Waals surface area contributed by atoms with Crippen LogP contribution in [-0.2, 0) is 0 Å². The van der Waals surface area contributed by atoms with Gasteiger partial charge >= 0.3 is 0 Å². The van der Waals surface area contributed by atoms with Crippen molar-refractivity contribution in [1.82, 2.24) is 4.98 Å². The molecule has 0 aliphatic heterocycles. The van der Waals surface area contributed by atoms with Crippen LogP contribution in [0.3, 0.4) is 0 Å². The highest BCUT2D eigenvalue weighted by molar-refractivity contribution is 6.08. The van der Waals surface area contributed by atoms with Crippen LogP contribution < -0.4 is 5.56 Å². The Bertz CT molecular complexity index is 598. The third kappa shape index (κ3) is 1.40. The Morgan fingerprint density at radius 2 is 2.00 bits per heavy atom. The third-order valence-corrected chi connectivity index (χ3v) is 2.25. The summed E-state index contributed by atoms with van der Waals surface area (Å²) in [6.45, 7) is 1.32. The molecule has 0 saturated heterocycles. The van der Waals surface area contributed by atoms with E-state index in [4.69, 9.17) is 0 Å². The molecule has 76 valence electrons. The molecule has 15 heavy (non-hydrogen) atoms. The van der Waals surface area contributed by atoms with Crippen molar-refractivity contribution in [3.05, 3.63) is 40.2 Å². The summed E-state index contributed by atoms with van der Waals surface area (Å²) in [4.78, 5) is 25.1. The van der Waals surface area contributed by atoms with E-state index in [1.54, 1.807) is 24.3 Å². The van der Waals surface area contributed by atoms with E-state index in [-0.39, 0.29) is 11.3 Å². The lowest BCUT2D eigenvalue weighted by molar-refractivity contribution is 0.101. The predicted octanol–water partition coefficient (Wildman–Crippen LogP) is 1.44. The van der Waals surface area contributed by atoms with Crippen LogP contribution >= 0.6 is 0 Å². The fourth-order valence-corrected chi connectivity index (χ4v) is 1.59. The number of aromatic hydroxyl groups is 1. The summed E-state index contributed by atoms with van der Waals surface area (Å²) >= 11 is 0. The number of nitrogens with one attached hydrogen (secondary N) is 1. The van der Waals surface area contributed by atoms with E-state index in [2.05, 4.69) is 4.98 Å². The molecule has 0 amide bonds. The number of fused-ring (bicyclic) bond motifs is 1. The van der Waals surface area contributed by atoms with Crippen LogP contribution in [0.2, 0.25) is 0 Å². The lowest BCUT2D eigenvalue weighted by Crippen LogP contribution is -2.10. The Hall–Kier alpha value is -2.10. The van der Waals surface area contributed by atoms with Gasteiger partial charge in [-0.2, -0.15) is 0 Å². The molecule has 1 aromatic heterocycles. The van der Waals surface area contributed by atoms with E-state index < -0.39 is 11.3 Å². The minimum atomic E-state index is -0.640. The Labute approximate surface area is 85.2 Å². The molecule has 4 nitrogen and oxygen atoms in total. The van der Waals surface area contributed by atoms with E-state index in [1.807, 2.05) is 0 Å². The van der Waals surface area contributed by atoms with Gasteiger partial charge in [0, 0.05) is 10.9 Å². The number of carbonyl (C=O) groups is 1. The first-order valence-electron chi connectivity index (χ1n) is 4.46. The Kier molecular flexibility index (Phi) is 2.04. The number of aromatic amines is 1. The molecule has 0 aliphatic rings. The van der Waals surface area contributed by atoms with Crippen molar-refractivity contribution in [3.63, 3.8) is 0 Å². The molecule has 2 rings (SSSR count). The van der Waals surface area contributed by atoms with Crippen molar-refractivity contribution in [2.45, 2.75) is 6.92 Å². The van der Waals surface area contributed by atoms with Crippen LogP contribution in [0.5, 0.6) is 5.75 Å². The van der Waals surface area contributed by atoms with Gasteiger partial charge in [-0.3, -0.25) is 9.59 Å². The number of rotatable bonds is 1. The van der Waals surface area contributed by atoms with Crippen molar-refractivity contribution in [2.24, 2.45) is 0 Å². The molecular weight excluding hydrogens is 194 g/mol. The van der Waals surface area contributed by atoms with Gasteiger partial charge in [0.2, 0.25) is 0 Å². The largest absolute Gasteiger partial charge is 0.503 e. The molecule has 0 saturated carbocycles. The molecule has 0 aliphatic carbocycles. The van der Waals surface area contributed by atoms with Crippen LogP contribution in [0, 0.1) is 0 Å². The summed E-state index contributed by atoms with van der Waals surface area (Å²) in [5.74, 6) is -0.837. The number of para-hydroxylation sites is 1. The lowest BCUT2D eigenvalue weighted by Gasteiger charge is -2.04. The van der Waals surface area contributed by atoms with Crippen LogP contribution in [-0.4, -0.2) is 15.9 Å². The first-order chi connectivity index (χ1) is 7.11. The molecule has 0 unspecified atom stereocenters. The van der Waals surface area contributed by atoms with Gasteiger partial charge in [-0.15, -0.1) is 0 Å². The molecule has 0 fully saturated rings. The number of carbonyl (C=O) groups excluding carboxylic acids is 1. The summed E-state index contributed by atoms with van der Waals surface area (Å²) in [5.41, 5.74) is -0.0150. The van der Waals surface area contributed by atoms with Gasteiger partial charge in [0.05, 0.1) is 5.56 Å². The summed E-state index contributed by atoms with van der Waals surface area (Å²) in [6.07, 6.45) is 0. The quantitative estimate of drug-likeness (QED) is 0.689. The van der Waals surface area contributed by atoms with E-state index in [1.165, 1.54) is 6.92 Å². The Morgan fingerprint density at radius 1 is 1.33 bits per heavy atom. The smallest absolute Gasteiger partial charge is 0.291 e. The predicted molar refractivity (Wildman–Crippen MR) is 56.2 cm³/mol. The first-order valence-corrected chi connectivity index (χ1v) is 4.46. The maximum atomic E-state index is 11.3. The van der Waals surface area contributed by atoms with Crippen molar-refractivity contribution in [1.29, 1.82) is 0 Å². The molecule has 0 atom stereocenters. The van der Waals surface area contributed by atoms with Crippen LogP contribution in [0.25, 0.3) is 10.9 Å². The van der Waals surface area contributed by atoms with Gasteiger partial charge in [0.25, 0.3) is 5.56 Å². The zero-order valence-corrected chi connectivity index (χ0v) is 8.07. The van der Waals surface area contributed by atoms with Crippen LogP contribution in [0.1, 0.15) is 17.3 Å². The fraction of sp³-hybridized carbons (Fsp3) is 0.0909. The Morgan fingerprint density at radius 3 is 2.67 bits per heavy atom. The van der Waals surface area contributed by atoms with Crippen molar-refractivity contribution < 1.29 is 9.90 Å². The van der Waals surface area contributed by atoms with E-state index in [0.29, 0.717) is 10.9 Å². The average Bonchev–Trinajstić information content (AvgIpc) is 2.19. The molecule has 4 heteroatoms. The summed E-state index contributed by atoms with van der Waals surface area (Å²) in [7, 11) is 0. The zero-order chi connectivity index (χ0) is 11.0. The maximum Gasteiger partial charge on any atom is 0.291 e. The summed E-state index contributed by atoms with van der Waals surface area (Å²) < 4.78 is 0. The second-order valence-electron chi connectivity index (χ2n) is 3.28. The van der Waals surface area contributed by atoms with Gasteiger partial charge in [0.15, 0.2) is 11.5 Å². The number of hydrogen-bond donors (Lipinski definition) is 2. The normalized spacial score (nSPS) is 10.5. The highest BCUT2D eigenvalue weighted by Crippen LogP contribution is 2.21. The van der Waals surface area contributed by atoms with Crippen molar-refractivity contribution in [3.8, 4) is 5.75 Å². The fourth-order valence-electron chi connectivity index (χ4n) is 1.59. The number of benzene rings is 1. The molecule has 1 heterocycles. The topological polar surface area (TPSA) is 70.2 Å². The standard InChI is InChI=1S/C11H9NO3/c1-6(13)9-7-4-2-3-5-8(7)12-11(15)10(9)14/h2-5,14H,1H3,(H,12,15). The molecule has 2 aromatic rings. The van der Waals surface area contributed by atoms with Crippen LogP contribution in [0.4, 0.5) is 0 Å². The van der Waals surface area contributed by atoms with Gasteiger partial charge in [0.1, 0.15) is 0 Å². The van der Waals surface area contributed by atoms with Gasteiger partial charge in [-0.1, -0.05) is 18.2 Å². The van der Waals surface area contributed by atoms with Crippen molar-refractivity contribution in [2.75, 3.05) is 0 Å². The number of ketones is 1. The number of Topliss-reactive ketones (excluding diaryl/α,β-unsaturated/α-hetero) is 1. The second kappa shape index (κ2) is 3.24. The maximum absolute atomic E-state index is 11.3. The summed E-state index contributed by atoms with van der Waals surface area (Å²) in [6, 6.07) is 6.86. The van der Waals surface area contributed by atoms with E-state index >= 15 is 0 Å². The van der Waals surface area contributed by atoms with Gasteiger partial charge < -0.3 is 10.1 Å². The monoisotopic (exact) mass is 203 g/mol. The average molecular weight is 203 g/mol. The molecule has 0 radical (unpaired) electrons. The van der Waals surface area contributed by atoms with E-state index in [0.717, 1.165) is 0 Å². The molecule has 1 aromatic carbocycles. The number of hydrogen-bond acceptors (Lipinski definition) is 3. The first kappa shape index (κ1) is 9.45. The Balaban J connectivity index is 3.02. The molecule has 2 N–H and O–H groups in total. The van der Waals surface area contributed by atoms with Gasteiger partial charge in [-0.05, 0) is 13.0 Å². The molecule has 0 spiro atoms. The molecular formula is C11H9NO3. The van der Waals surface area contributed by atoms with E-state index in [9.17, 15) is 14.7 Å². The van der Waals surface area contributed by atoms with Crippen LogP contribution in [0.15, 0.2) is 29.1 Å². The SMILES string of the molecule is CC(=O)c1c(O)c(=O)[nH]c2ccccc12. The van der Waals surface area contributed by atoms with Gasteiger partial charge in [-0.25, -0.2) is 0 Å². The molecule has 0 bridgehead atoms. The minimum absolute atomic E-state index is 0.0781. The van der Waals surface area contributed by atoms with Crippen molar-refractivity contribution >= 4 is 16.7 Å². The second-order valence-corrected chi connectivity index (χ2v) is 3.28.